The van der Waals surface area contributed by atoms with Gasteiger partial charge in [-0.15, -0.1) is 0 Å². The number of nitriles is 1. The number of benzene rings is 1. The standard InChI is InChI=1S/C16H13N3O5/c17-8-10-1-3-14-12(7-10)16(13(20)5-6-24-14)18-9-11(19(22)23)2-4-15(18)21/h1-4,7,9,13,16,20H,5-6H2. The van der Waals surface area contributed by atoms with Crippen LogP contribution in [0.4, 0.5) is 5.69 Å². The Bertz CT molecular complexity index is 899. The Kier molecular flexibility index (Phi) is 4.02. The molecule has 0 saturated heterocycles. The summed E-state index contributed by atoms with van der Waals surface area (Å²) in [5.74, 6) is 0.439. The third-order valence-electron chi connectivity index (χ3n) is 3.93. The topological polar surface area (TPSA) is 118 Å². The summed E-state index contributed by atoms with van der Waals surface area (Å²) in [6.45, 7) is 0.236. The van der Waals surface area contributed by atoms with Gasteiger partial charge in [-0.3, -0.25) is 19.5 Å². The molecule has 0 fully saturated rings. The molecule has 1 N–H and O–H groups in total. The van der Waals surface area contributed by atoms with E-state index in [-0.39, 0.29) is 18.7 Å². The monoisotopic (exact) mass is 327 g/mol. The Morgan fingerprint density at radius 2 is 2.17 bits per heavy atom. The normalized spacial score (nSPS) is 19.5. The first-order valence-corrected chi connectivity index (χ1v) is 7.23. The fourth-order valence-electron chi connectivity index (χ4n) is 2.79. The number of nitro groups is 1. The zero-order chi connectivity index (χ0) is 17.3. The van der Waals surface area contributed by atoms with Gasteiger partial charge in [-0.2, -0.15) is 5.26 Å². The summed E-state index contributed by atoms with van der Waals surface area (Å²) >= 11 is 0. The van der Waals surface area contributed by atoms with Gasteiger partial charge in [0.1, 0.15) is 5.75 Å². The maximum absolute atomic E-state index is 12.2. The molecular formula is C16H13N3O5. The van der Waals surface area contributed by atoms with Crippen LogP contribution in [0.5, 0.6) is 5.75 Å². The Balaban J connectivity index is 2.23. The van der Waals surface area contributed by atoms with Crippen molar-refractivity contribution in [3.63, 3.8) is 0 Å². The first-order valence-electron chi connectivity index (χ1n) is 7.23. The van der Waals surface area contributed by atoms with E-state index in [1.807, 2.05) is 6.07 Å². The molecule has 0 radical (unpaired) electrons. The number of aromatic nitrogens is 1. The molecule has 1 aliphatic heterocycles. The maximum atomic E-state index is 12.2. The van der Waals surface area contributed by atoms with Gasteiger partial charge in [0, 0.05) is 24.1 Å². The molecule has 1 aliphatic rings. The Hall–Kier alpha value is -3.18. The van der Waals surface area contributed by atoms with Crippen LogP contribution in [0, 0.1) is 21.4 Å². The van der Waals surface area contributed by atoms with Gasteiger partial charge in [0.25, 0.3) is 11.2 Å². The van der Waals surface area contributed by atoms with Gasteiger partial charge >= 0.3 is 0 Å². The lowest BCUT2D eigenvalue weighted by Gasteiger charge is -2.23. The molecule has 24 heavy (non-hydrogen) atoms. The van der Waals surface area contributed by atoms with Crippen LogP contribution in [0.15, 0.2) is 41.3 Å². The fraction of sp³-hybridized carbons (Fsp3) is 0.250. The predicted octanol–water partition coefficient (Wildman–Crippen LogP) is 1.36. The summed E-state index contributed by atoms with van der Waals surface area (Å²) in [4.78, 5) is 22.6. The zero-order valence-electron chi connectivity index (χ0n) is 12.5. The van der Waals surface area contributed by atoms with Gasteiger partial charge in [-0.1, -0.05) is 0 Å². The molecule has 0 spiro atoms. The summed E-state index contributed by atoms with van der Waals surface area (Å²) in [5, 5.41) is 30.6. The second-order valence-electron chi connectivity index (χ2n) is 5.40. The Morgan fingerprint density at radius 1 is 1.38 bits per heavy atom. The molecule has 122 valence electrons. The molecule has 2 heterocycles. The average molecular weight is 327 g/mol. The lowest BCUT2D eigenvalue weighted by Crippen LogP contribution is -2.32. The van der Waals surface area contributed by atoms with Crippen molar-refractivity contribution in [2.75, 3.05) is 6.61 Å². The van der Waals surface area contributed by atoms with Crippen molar-refractivity contribution < 1.29 is 14.8 Å². The van der Waals surface area contributed by atoms with E-state index in [9.17, 15) is 20.0 Å². The van der Waals surface area contributed by atoms with Crippen LogP contribution in [-0.2, 0) is 0 Å². The fourth-order valence-corrected chi connectivity index (χ4v) is 2.79. The second-order valence-corrected chi connectivity index (χ2v) is 5.40. The number of hydrogen-bond acceptors (Lipinski definition) is 6. The summed E-state index contributed by atoms with van der Waals surface area (Å²) in [7, 11) is 0. The number of rotatable bonds is 2. The molecule has 2 atom stereocenters. The summed E-state index contributed by atoms with van der Waals surface area (Å²) < 4.78 is 6.69. The molecule has 0 amide bonds. The van der Waals surface area contributed by atoms with E-state index in [4.69, 9.17) is 10.00 Å². The van der Waals surface area contributed by atoms with Gasteiger partial charge in [0.15, 0.2) is 0 Å². The minimum Gasteiger partial charge on any atom is -0.493 e. The van der Waals surface area contributed by atoms with Crippen LogP contribution in [0.25, 0.3) is 0 Å². The Labute approximate surface area is 136 Å². The highest BCUT2D eigenvalue weighted by atomic mass is 16.6. The molecule has 3 rings (SSSR count). The van der Waals surface area contributed by atoms with E-state index in [0.717, 1.165) is 22.9 Å². The van der Waals surface area contributed by atoms with Crippen LogP contribution in [0.2, 0.25) is 0 Å². The van der Waals surface area contributed by atoms with E-state index >= 15 is 0 Å². The van der Waals surface area contributed by atoms with Gasteiger partial charge < -0.3 is 9.84 Å². The Morgan fingerprint density at radius 3 is 2.88 bits per heavy atom. The zero-order valence-corrected chi connectivity index (χ0v) is 12.5. The second kappa shape index (κ2) is 6.14. The van der Waals surface area contributed by atoms with Crippen molar-refractivity contribution in [1.82, 2.24) is 4.57 Å². The van der Waals surface area contributed by atoms with Crippen molar-refractivity contribution in [3.05, 3.63) is 68.1 Å². The van der Waals surface area contributed by atoms with Crippen LogP contribution in [-0.4, -0.2) is 27.3 Å². The lowest BCUT2D eigenvalue weighted by atomic mass is 9.97. The van der Waals surface area contributed by atoms with Crippen LogP contribution in [0.1, 0.15) is 23.6 Å². The molecule has 8 nitrogen and oxygen atoms in total. The SMILES string of the molecule is N#Cc1ccc2c(c1)C(n1cc([N+](=O)[O-])ccc1=O)C(O)CCO2. The van der Waals surface area contributed by atoms with Gasteiger partial charge in [0.2, 0.25) is 0 Å². The van der Waals surface area contributed by atoms with Gasteiger partial charge in [-0.05, 0) is 18.2 Å². The largest absolute Gasteiger partial charge is 0.493 e. The molecule has 8 heteroatoms. The summed E-state index contributed by atoms with van der Waals surface area (Å²) in [6.07, 6.45) is 0.362. The number of hydrogen-bond donors (Lipinski definition) is 1. The number of aliphatic hydroxyl groups excluding tert-OH is 1. The number of pyridine rings is 1. The molecule has 2 aromatic rings. The highest BCUT2D eigenvalue weighted by Crippen LogP contribution is 2.35. The van der Waals surface area contributed by atoms with Crippen LogP contribution < -0.4 is 10.3 Å². The molecule has 0 saturated carbocycles. The van der Waals surface area contributed by atoms with Gasteiger partial charge in [0.05, 0.1) is 41.5 Å². The van der Waals surface area contributed by atoms with E-state index < -0.39 is 22.6 Å². The lowest BCUT2D eigenvalue weighted by molar-refractivity contribution is -0.385. The van der Waals surface area contributed by atoms with Crippen molar-refractivity contribution in [2.24, 2.45) is 0 Å². The number of fused-ring (bicyclic) bond motifs is 1. The highest BCUT2D eigenvalue weighted by Gasteiger charge is 2.30. The minimum absolute atomic E-state index is 0.236. The predicted molar refractivity (Wildman–Crippen MR) is 82.8 cm³/mol. The smallest absolute Gasteiger partial charge is 0.285 e. The minimum atomic E-state index is -0.986. The molecule has 1 aromatic carbocycles. The average Bonchev–Trinajstić information content (AvgIpc) is 2.73. The van der Waals surface area contributed by atoms with E-state index in [2.05, 4.69) is 0 Å². The van der Waals surface area contributed by atoms with Crippen molar-refractivity contribution in [1.29, 1.82) is 5.26 Å². The maximum Gasteiger partial charge on any atom is 0.285 e. The summed E-state index contributed by atoms with van der Waals surface area (Å²) in [5.41, 5.74) is 0.0430. The molecule has 0 bridgehead atoms. The number of aliphatic hydroxyl groups is 1. The summed E-state index contributed by atoms with van der Waals surface area (Å²) in [6, 6.07) is 8.03. The van der Waals surface area contributed by atoms with Crippen molar-refractivity contribution >= 4 is 5.69 Å². The van der Waals surface area contributed by atoms with Crippen molar-refractivity contribution in [2.45, 2.75) is 18.6 Å². The molecular weight excluding hydrogens is 314 g/mol. The van der Waals surface area contributed by atoms with E-state index in [0.29, 0.717) is 16.9 Å². The van der Waals surface area contributed by atoms with E-state index in [1.54, 1.807) is 12.1 Å². The van der Waals surface area contributed by atoms with E-state index in [1.165, 1.54) is 6.07 Å². The highest BCUT2D eigenvalue weighted by molar-refractivity contribution is 5.45. The number of ether oxygens (including phenoxy) is 1. The molecule has 0 aliphatic carbocycles. The number of nitrogens with zero attached hydrogens (tertiary/aromatic N) is 3. The molecule has 2 unspecified atom stereocenters. The third-order valence-corrected chi connectivity index (χ3v) is 3.93. The van der Waals surface area contributed by atoms with Crippen LogP contribution >= 0.6 is 0 Å². The quantitative estimate of drug-likeness (QED) is 0.657. The first kappa shape index (κ1) is 15.7. The molecule has 1 aromatic heterocycles. The third kappa shape index (κ3) is 2.73. The first-order chi connectivity index (χ1) is 11.5. The van der Waals surface area contributed by atoms with Crippen molar-refractivity contribution in [3.8, 4) is 11.8 Å². The van der Waals surface area contributed by atoms with Crippen LogP contribution in [0.3, 0.4) is 0 Å². The van der Waals surface area contributed by atoms with Gasteiger partial charge in [-0.25, -0.2) is 0 Å².